The van der Waals surface area contributed by atoms with Gasteiger partial charge in [-0.05, 0) is 24.6 Å². The molecule has 1 aromatic heterocycles. The Labute approximate surface area is 183 Å². The lowest BCUT2D eigenvalue weighted by Crippen LogP contribution is -2.35. The monoisotopic (exact) mass is 441 g/mol. The van der Waals surface area contributed by atoms with Gasteiger partial charge >= 0.3 is 0 Å². The van der Waals surface area contributed by atoms with Crippen LogP contribution < -0.4 is 10.6 Å². The average molecular weight is 442 g/mol. The second-order valence-corrected chi connectivity index (χ2v) is 8.86. The molecule has 3 rings (SSSR count). The quantitative estimate of drug-likeness (QED) is 0.493. The van der Waals surface area contributed by atoms with E-state index in [1.165, 1.54) is 28.0 Å². The molecule has 3 aromatic rings. The Bertz CT molecular complexity index is 977. The number of aromatic nitrogens is 2. The van der Waals surface area contributed by atoms with Gasteiger partial charge in [0.05, 0.1) is 12.3 Å². The van der Waals surface area contributed by atoms with Crippen LogP contribution in [0.2, 0.25) is 0 Å². The van der Waals surface area contributed by atoms with Crippen molar-refractivity contribution < 1.29 is 9.59 Å². The minimum absolute atomic E-state index is 0.00668. The Morgan fingerprint density at radius 3 is 2.53 bits per heavy atom. The van der Waals surface area contributed by atoms with E-state index in [4.69, 9.17) is 0 Å². The highest BCUT2D eigenvalue weighted by Gasteiger charge is 2.15. The van der Waals surface area contributed by atoms with Crippen molar-refractivity contribution in [3.8, 4) is 0 Å². The number of carbonyl (C=O) groups excluding carboxylic acids is 2. The van der Waals surface area contributed by atoms with Crippen molar-refractivity contribution in [3.63, 3.8) is 0 Å². The topological polar surface area (TPSA) is 87.2 Å². The molecule has 9 heteroatoms. The van der Waals surface area contributed by atoms with Crippen LogP contribution in [0.25, 0.3) is 0 Å². The molecule has 30 heavy (non-hydrogen) atoms. The Hall–Kier alpha value is -2.91. The summed E-state index contributed by atoms with van der Waals surface area (Å²) >= 11 is 2.72. The summed E-state index contributed by atoms with van der Waals surface area (Å²) in [5.74, 6) is -0.183. The van der Waals surface area contributed by atoms with Crippen molar-refractivity contribution in [3.05, 3.63) is 65.7 Å². The molecule has 7 nitrogen and oxygen atoms in total. The van der Waals surface area contributed by atoms with Crippen LogP contribution in [0.5, 0.6) is 0 Å². The third kappa shape index (κ3) is 6.85. The fourth-order valence-corrected chi connectivity index (χ4v) is 4.18. The zero-order valence-corrected chi connectivity index (χ0v) is 18.4. The molecule has 0 radical (unpaired) electrons. The minimum Gasteiger partial charge on any atom is -0.356 e. The van der Waals surface area contributed by atoms with E-state index in [0.29, 0.717) is 21.7 Å². The van der Waals surface area contributed by atoms with Gasteiger partial charge in [-0.15, -0.1) is 10.2 Å². The van der Waals surface area contributed by atoms with Gasteiger partial charge in [-0.2, -0.15) is 0 Å². The van der Waals surface area contributed by atoms with Crippen LogP contribution in [0.1, 0.15) is 11.1 Å². The number of nitrogens with one attached hydrogen (secondary N) is 2. The van der Waals surface area contributed by atoms with Gasteiger partial charge in [0.25, 0.3) is 0 Å². The van der Waals surface area contributed by atoms with Crippen molar-refractivity contribution in [2.75, 3.05) is 30.0 Å². The fraction of sp³-hybridized carbons (Fsp3) is 0.238. The summed E-state index contributed by atoms with van der Waals surface area (Å²) in [5, 5.41) is 14.9. The van der Waals surface area contributed by atoms with Gasteiger partial charge in [0.15, 0.2) is 4.34 Å². The Morgan fingerprint density at radius 1 is 1.07 bits per heavy atom. The zero-order chi connectivity index (χ0) is 21.3. The number of rotatable bonds is 9. The van der Waals surface area contributed by atoms with E-state index in [9.17, 15) is 9.59 Å². The van der Waals surface area contributed by atoms with Gasteiger partial charge in [0.1, 0.15) is 0 Å². The lowest BCUT2D eigenvalue weighted by atomic mass is 10.2. The van der Waals surface area contributed by atoms with Crippen LogP contribution in [0.15, 0.2) is 58.9 Å². The first kappa shape index (κ1) is 21.8. The number of amides is 2. The summed E-state index contributed by atoms with van der Waals surface area (Å²) in [4.78, 5) is 25.9. The number of likely N-dealkylation sites (N-methyl/N-ethyl adjacent to an activating group) is 1. The maximum absolute atomic E-state index is 12.3. The summed E-state index contributed by atoms with van der Waals surface area (Å²) in [6, 6.07) is 17.5. The first-order valence-corrected chi connectivity index (χ1v) is 11.1. The van der Waals surface area contributed by atoms with Gasteiger partial charge in [0, 0.05) is 19.3 Å². The number of anilines is 2. The smallest absolute Gasteiger partial charge is 0.243 e. The Kier molecular flexibility index (Phi) is 7.81. The van der Waals surface area contributed by atoms with Crippen molar-refractivity contribution in [2.45, 2.75) is 17.8 Å². The number of hydrogen-bond acceptors (Lipinski definition) is 7. The van der Waals surface area contributed by atoms with E-state index in [-0.39, 0.29) is 24.1 Å². The molecule has 0 bridgehead atoms. The van der Waals surface area contributed by atoms with Crippen LogP contribution in [0.4, 0.5) is 10.8 Å². The third-order valence-electron chi connectivity index (χ3n) is 4.15. The number of thioether (sulfide) groups is 1. The van der Waals surface area contributed by atoms with Crippen LogP contribution in [-0.2, 0) is 16.1 Å². The number of carbonyl (C=O) groups is 2. The molecule has 2 N–H and O–H groups in total. The first-order valence-electron chi connectivity index (χ1n) is 9.34. The molecule has 0 unspecified atom stereocenters. The van der Waals surface area contributed by atoms with Crippen LogP contribution in [0, 0.1) is 6.92 Å². The molecule has 2 aromatic carbocycles. The molecule has 1 heterocycles. The molecular weight excluding hydrogens is 418 g/mol. The Balaban J connectivity index is 1.40. The van der Waals surface area contributed by atoms with E-state index in [1.807, 2.05) is 61.5 Å². The van der Waals surface area contributed by atoms with Crippen molar-refractivity contribution in [2.24, 2.45) is 0 Å². The van der Waals surface area contributed by atoms with Gasteiger partial charge < -0.3 is 15.5 Å². The molecule has 2 amide bonds. The average Bonchev–Trinajstić information content (AvgIpc) is 3.20. The number of benzene rings is 2. The normalized spacial score (nSPS) is 10.5. The zero-order valence-electron chi connectivity index (χ0n) is 16.8. The maximum Gasteiger partial charge on any atom is 0.243 e. The van der Waals surface area contributed by atoms with E-state index >= 15 is 0 Å². The lowest BCUT2D eigenvalue weighted by molar-refractivity contribution is -0.131. The van der Waals surface area contributed by atoms with Crippen LogP contribution in [-0.4, -0.2) is 46.3 Å². The van der Waals surface area contributed by atoms with Crippen molar-refractivity contribution >= 4 is 45.7 Å². The first-order chi connectivity index (χ1) is 14.5. The molecule has 0 spiro atoms. The highest BCUT2D eigenvalue weighted by molar-refractivity contribution is 8.01. The SMILES string of the molecule is Cc1ccc(NC(=O)CN(C)C(=O)CSc2nnc(NCc3ccccc3)s2)cc1. The highest BCUT2D eigenvalue weighted by Crippen LogP contribution is 2.26. The van der Waals surface area contributed by atoms with Gasteiger partial charge in [-0.25, -0.2) is 0 Å². The second kappa shape index (κ2) is 10.7. The summed E-state index contributed by atoms with van der Waals surface area (Å²) in [5.41, 5.74) is 2.99. The molecule has 156 valence electrons. The van der Waals surface area contributed by atoms with Crippen molar-refractivity contribution in [1.29, 1.82) is 0 Å². The van der Waals surface area contributed by atoms with Crippen molar-refractivity contribution in [1.82, 2.24) is 15.1 Å². The van der Waals surface area contributed by atoms with E-state index in [2.05, 4.69) is 20.8 Å². The standard InChI is InChI=1S/C21H23N5O2S2/c1-15-8-10-17(11-9-15)23-18(27)13-26(2)19(28)14-29-21-25-24-20(30-21)22-12-16-6-4-3-5-7-16/h3-11H,12-14H2,1-2H3,(H,22,24)(H,23,27). The molecule has 0 atom stereocenters. The molecule has 0 saturated carbocycles. The van der Waals surface area contributed by atoms with E-state index in [1.54, 1.807) is 7.05 Å². The molecule has 0 saturated heterocycles. The molecule has 0 aliphatic carbocycles. The third-order valence-corrected chi connectivity index (χ3v) is 6.15. The lowest BCUT2D eigenvalue weighted by Gasteiger charge is -2.16. The van der Waals surface area contributed by atoms with Gasteiger partial charge in [0.2, 0.25) is 16.9 Å². The predicted octanol–water partition coefficient (Wildman–Crippen LogP) is 3.65. The largest absolute Gasteiger partial charge is 0.356 e. The maximum atomic E-state index is 12.3. The highest BCUT2D eigenvalue weighted by atomic mass is 32.2. The summed E-state index contributed by atoms with van der Waals surface area (Å²) < 4.78 is 0.705. The number of hydrogen-bond donors (Lipinski definition) is 2. The molecule has 0 aliphatic heterocycles. The van der Waals surface area contributed by atoms with E-state index in [0.717, 1.165) is 11.1 Å². The number of aryl methyl sites for hydroxylation is 1. The summed E-state index contributed by atoms with van der Waals surface area (Å²) in [6.07, 6.45) is 0. The van der Waals surface area contributed by atoms with Crippen LogP contribution >= 0.6 is 23.1 Å². The second-order valence-electron chi connectivity index (χ2n) is 6.66. The molecule has 0 fully saturated rings. The summed E-state index contributed by atoms with van der Waals surface area (Å²) in [7, 11) is 1.62. The minimum atomic E-state index is -0.233. The molecule has 0 aliphatic rings. The predicted molar refractivity (Wildman–Crippen MR) is 122 cm³/mol. The van der Waals surface area contributed by atoms with Gasteiger partial charge in [-0.1, -0.05) is 71.1 Å². The number of nitrogens with zero attached hydrogens (tertiary/aromatic N) is 3. The Morgan fingerprint density at radius 2 is 1.80 bits per heavy atom. The van der Waals surface area contributed by atoms with Crippen LogP contribution in [0.3, 0.4) is 0 Å². The fourth-order valence-electron chi connectivity index (χ4n) is 2.49. The molecular formula is C21H23N5O2S2. The van der Waals surface area contributed by atoms with Gasteiger partial charge in [-0.3, -0.25) is 9.59 Å². The summed E-state index contributed by atoms with van der Waals surface area (Å²) in [6.45, 7) is 2.64. The van der Waals surface area contributed by atoms with E-state index < -0.39 is 0 Å².